The summed E-state index contributed by atoms with van der Waals surface area (Å²) >= 11 is 0. The summed E-state index contributed by atoms with van der Waals surface area (Å²) in [6.07, 6.45) is 0. The van der Waals surface area contributed by atoms with Crippen LogP contribution in [-0.2, 0) is 6.54 Å². The summed E-state index contributed by atoms with van der Waals surface area (Å²) < 4.78 is 9.30. The van der Waals surface area contributed by atoms with Crippen LogP contribution in [0.4, 0.5) is 5.95 Å². The van der Waals surface area contributed by atoms with E-state index in [4.69, 9.17) is 10.5 Å². The zero-order valence-electron chi connectivity index (χ0n) is 15.3. The van der Waals surface area contributed by atoms with Crippen molar-refractivity contribution in [3.63, 3.8) is 0 Å². The van der Waals surface area contributed by atoms with Crippen LogP contribution in [0.25, 0.3) is 11.0 Å². The van der Waals surface area contributed by atoms with E-state index in [1.165, 1.54) is 0 Å². The maximum Gasteiger partial charge on any atom is 0.276 e. The largest absolute Gasteiger partial charge is 0.489 e. The lowest BCUT2D eigenvalue weighted by atomic mass is 10.1. The monoisotopic (exact) mass is 368 g/mol. The van der Waals surface area contributed by atoms with Gasteiger partial charge >= 0.3 is 0 Å². The number of primary amides is 1. The van der Waals surface area contributed by atoms with Crippen molar-refractivity contribution in [2.45, 2.75) is 33.4 Å². The molecule has 9 nitrogen and oxygen atoms in total. The smallest absolute Gasteiger partial charge is 0.276 e. The van der Waals surface area contributed by atoms with Gasteiger partial charge in [-0.1, -0.05) is 0 Å². The Labute approximate surface area is 155 Å². The maximum atomic E-state index is 12.8. The molecule has 0 saturated carbocycles. The number of benzene rings is 1. The molecular weight excluding hydrogens is 348 g/mol. The Kier molecular flexibility index (Phi) is 3.87. The van der Waals surface area contributed by atoms with Gasteiger partial charge in [-0.05, 0) is 39.0 Å². The topological polar surface area (TPSA) is 117 Å². The van der Waals surface area contributed by atoms with Crippen molar-refractivity contribution in [1.82, 2.24) is 19.3 Å². The number of ether oxygens (including phenoxy) is 1. The molecule has 4 rings (SSSR count). The lowest BCUT2D eigenvalue weighted by molar-refractivity contribution is 0.0995. The number of aryl methyl sites for hydroxylation is 2. The number of carbonyl (C=O) groups is 2. The Bertz CT molecular complexity index is 1080. The molecule has 0 saturated heterocycles. The summed E-state index contributed by atoms with van der Waals surface area (Å²) in [6, 6.07) is 4.92. The first-order valence-electron chi connectivity index (χ1n) is 8.73. The third-order valence-corrected chi connectivity index (χ3v) is 4.62. The van der Waals surface area contributed by atoms with Gasteiger partial charge in [0.1, 0.15) is 23.6 Å². The Hall–Kier alpha value is -3.36. The minimum Gasteiger partial charge on any atom is -0.489 e. The summed E-state index contributed by atoms with van der Waals surface area (Å²) in [5.41, 5.74) is 8.23. The first-order chi connectivity index (χ1) is 12.9. The van der Waals surface area contributed by atoms with E-state index in [1.807, 2.05) is 25.3 Å². The summed E-state index contributed by atoms with van der Waals surface area (Å²) in [7, 11) is 0. The van der Waals surface area contributed by atoms with Gasteiger partial charge in [-0.15, -0.1) is 0 Å². The second kappa shape index (κ2) is 6.11. The van der Waals surface area contributed by atoms with E-state index in [0.29, 0.717) is 41.6 Å². The Morgan fingerprint density at radius 3 is 2.85 bits per heavy atom. The van der Waals surface area contributed by atoms with Gasteiger partial charge in [0.15, 0.2) is 0 Å². The Balaban J connectivity index is 1.80. The SMILES string of the molecule is CCn1nc(C)cc1C(=O)Nc1nc2cc(C(N)=O)cc3c2n1C(C)CO3. The molecule has 2 amide bonds. The molecule has 1 aliphatic rings. The van der Waals surface area contributed by atoms with Crippen LogP contribution >= 0.6 is 0 Å². The molecule has 9 heteroatoms. The van der Waals surface area contributed by atoms with Crippen LogP contribution in [0.3, 0.4) is 0 Å². The van der Waals surface area contributed by atoms with E-state index < -0.39 is 5.91 Å². The molecule has 2 aromatic heterocycles. The molecule has 1 unspecified atom stereocenters. The highest BCUT2D eigenvalue weighted by atomic mass is 16.5. The summed E-state index contributed by atoms with van der Waals surface area (Å²) in [5, 5.41) is 7.18. The lowest BCUT2D eigenvalue weighted by Gasteiger charge is -2.24. The van der Waals surface area contributed by atoms with Crippen molar-refractivity contribution >= 4 is 28.8 Å². The van der Waals surface area contributed by atoms with Gasteiger partial charge in [-0.3, -0.25) is 19.6 Å². The fourth-order valence-corrected chi connectivity index (χ4v) is 3.38. The van der Waals surface area contributed by atoms with Gasteiger partial charge in [0, 0.05) is 12.1 Å². The van der Waals surface area contributed by atoms with Crippen LogP contribution in [0.2, 0.25) is 0 Å². The number of nitrogens with zero attached hydrogens (tertiary/aromatic N) is 4. The van der Waals surface area contributed by atoms with Crippen molar-refractivity contribution in [1.29, 1.82) is 0 Å². The van der Waals surface area contributed by atoms with E-state index in [1.54, 1.807) is 22.9 Å². The Morgan fingerprint density at radius 2 is 2.15 bits per heavy atom. The predicted molar refractivity (Wildman–Crippen MR) is 99.0 cm³/mol. The second-order valence-corrected chi connectivity index (χ2v) is 6.61. The van der Waals surface area contributed by atoms with Gasteiger partial charge in [-0.25, -0.2) is 4.98 Å². The second-order valence-electron chi connectivity index (χ2n) is 6.61. The van der Waals surface area contributed by atoms with Crippen molar-refractivity contribution in [3.8, 4) is 5.75 Å². The minimum atomic E-state index is -0.558. The minimum absolute atomic E-state index is 0.0324. The number of nitrogens with two attached hydrogens (primary N) is 1. The standard InChI is InChI=1S/C18H20N6O3/c1-4-23-13(5-9(2)22-23)17(26)21-18-20-12-6-11(16(19)25)7-14-15(12)24(18)10(3)8-27-14/h5-7,10H,4,8H2,1-3H3,(H2,19,25)(H,20,21,26). The van der Waals surface area contributed by atoms with Gasteiger partial charge in [0.2, 0.25) is 11.9 Å². The zero-order chi connectivity index (χ0) is 19.3. The number of hydrogen-bond acceptors (Lipinski definition) is 5. The van der Waals surface area contributed by atoms with Crippen molar-refractivity contribution in [2.75, 3.05) is 11.9 Å². The molecule has 3 heterocycles. The quantitative estimate of drug-likeness (QED) is 0.729. The molecule has 0 aliphatic carbocycles. The van der Waals surface area contributed by atoms with E-state index in [0.717, 1.165) is 11.2 Å². The van der Waals surface area contributed by atoms with E-state index >= 15 is 0 Å². The van der Waals surface area contributed by atoms with Crippen LogP contribution in [0, 0.1) is 6.92 Å². The van der Waals surface area contributed by atoms with Crippen molar-refractivity contribution in [2.24, 2.45) is 5.73 Å². The molecule has 1 aliphatic heterocycles. The highest BCUT2D eigenvalue weighted by Gasteiger charge is 2.27. The molecule has 140 valence electrons. The van der Waals surface area contributed by atoms with Crippen LogP contribution in [-0.4, -0.2) is 37.8 Å². The molecule has 0 bridgehead atoms. The molecular formula is C18H20N6O3. The number of rotatable bonds is 4. The third-order valence-electron chi connectivity index (χ3n) is 4.62. The van der Waals surface area contributed by atoms with Crippen LogP contribution in [0.5, 0.6) is 5.75 Å². The molecule has 3 aromatic rings. The van der Waals surface area contributed by atoms with Gasteiger partial charge < -0.3 is 15.0 Å². The maximum absolute atomic E-state index is 12.8. The number of hydrogen-bond donors (Lipinski definition) is 2. The van der Waals surface area contributed by atoms with Gasteiger partial charge in [-0.2, -0.15) is 5.10 Å². The average Bonchev–Trinajstić information content (AvgIpc) is 3.19. The highest BCUT2D eigenvalue weighted by Crippen LogP contribution is 2.36. The molecule has 1 atom stereocenters. The molecule has 1 aromatic carbocycles. The molecule has 0 radical (unpaired) electrons. The number of amides is 2. The molecule has 0 fully saturated rings. The first kappa shape index (κ1) is 17.1. The van der Waals surface area contributed by atoms with E-state index in [-0.39, 0.29) is 11.9 Å². The summed E-state index contributed by atoms with van der Waals surface area (Å²) in [4.78, 5) is 28.9. The fraction of sp³-hybridized carbons (Fsp3) is 0.333. The normalized spacial score (nSPS) is 15.6. The first-order valence-corrected chi connectivity index (χ1v) is 8.73. The Morgan fingerprint density at radius 1 is 1.37 bits per heavy atom. The number of carbonyl (C=O) groups excluding carboxylic acids is 2. The molecule has 3 N–H and O–H groups in total. The van der Waals surface area contributed by atoms with Crippen molar-refractivity contribution in [3.05, 3.63) is 35.2 Å². The highest BCUT2D eigenvalue weighted by molar-refractivity contribution is 6.04. The number of nitrogens with one attached hydrogen (secondary N) is 1. The number of anilines is 1. The lowest BCUT2D eigenvalue weighted by Crippen LogP contribution is -2.24. The fourth-order valence-electron chi connectivity index (χ4n) is 3.38. The predicted octanol–water partition coefficient (Wildman–Crippen LogP) is 1.87. The van der Waals surface area contributed by atoms with Crippen LogP contribution in [0.15, 0.2) is 18.2 Å². The van der Waals surface area contributed by atoms with E-state index in [9.17, 15) is 9.59 Å². The van der Waals surface area contributed by atoms with Gasteiger partial charge in [0.05, 0.1) is 17.3 Å². The third kappa shape index (κ3) is 2.71. The van der Waals surface area contributed by atoms with Gasteiger partial charge in [0.25, 0.3) is 5.91 Å². The number of imidazole rings is 1. The average molecular weight is 368 g/mol. The molecule has 0 spiro atoms. The van der Waals surface area contributed by atoms with Crippen LogP contribution < -0.4 is 15.8 Å². The molecule has 27 heavy (non-hydrogen) atoms. The number of aromatic nitrogens is 4. The summed E-state index contributed by atoms with van der Waals surface area (Å²) in [6.45, 7) is 6.72. The summed E-state index contributed by atoms with van der Waals surface area (Å²) in [5.74, 6) is 0.0780. The zero-order valence-corrected chi connectivity index (χ0v) is 15.3. The van der Waals surface area contributed by atoms with Crippen molar-refractivity contribution < 1.29 is 14.3 Å². The van der Waals surface area contributed by atoms with Crippen LogP contribution in [0.1, 0.15) is 46.4 Å². The van der Waals surface area contributed by atoms with E-state index in [2.05, 4.69) is 15.4 Å².